The Bertz CT molecular complexity index is 988. The van der Waals surface area contributed by atoms with E-state index in [1.165, 1.54) is 30.3 Å². The molecule has 1 saturated heterocycles. The minimum atomic E-state index is -2.32. The van der Waals surface area contributed by atoms with Gasteiger partial charge in [0.2, 0.25) is 5.78 Å². The summed E-state index contributed by atoms with van der Waals surface area (Å²) < 4.78 is 11.1. The van der Waals surface area contributed by atoms with Gasteiger partial charge in [-0.1, -0.05) is 12.1 Å². The van der Waals surface area contributed by atoms with E-state index in [9.17, 15) is 40.5 Å². The number of aliphatic hydroxyl groups excluding tert-OH is 4. The molecule has 0 spiro atoms. The number of aliphatic hydroxyl groups is 5. The van der Waals surface area contributed by atoms with Crippen LogP contribution in [0.25, 0.3) is 0 Å². The van der Waals surface area contributed by atoms with Crippen molar-refractivity contribution in [1.82, 2.24) is 0 Å². The van der Waals surface area contributed by atoms with Crippen LogP contribution in [0.2, 0.25) is 0 Å². The number of rotatable bonds is 4. The number of aromatic hydroxyl groups is 2. The van der Waals surface area contributed by atoms with Gasteiger partial charge in [-0.15, -0.1) is 0 Å². The highest BCUT2D eigenvalue weighted by atomic mass is 16.6. The molecule has 7 N–H and O–H groups in total. The molecular weight excluding hydrogens is 412 g/mol. The van der Waals surface area contributed by atoms with Crippen LogP contribution in [0.5, 0.6) is 17.2 Å². The van der Waals surface area contributed by atoms with E-state index < -0.39 is 54.4 Å². The average molecular weight is 434 g/mol. The van der Waals surface area contributed by atoms with Gasteiger partial charge in [0.15, 0.2) is 0 Å². The molecule has 0 aliphatic carbocycles. The Labute approximate surface area is 176 Å². The summed E-state index contributed by atoms with van der Waals surface area (Å²) in [5, 5.41) is 70.7. The monoisotopic (exact) mass is 434 g/mol. The Kier molecular flexibility index (Phi) is 5.38. The number of ether oxygens (including phenoxy) is 2. The fourth-order valence-electron chi connectivity index (χ4n) is 3.93. The van der Waals surface area contributed by atoms with Crippen molar-refractivity contribution >= 4 is 5.78 Å². The van der Waals surface area contributed by atoms with Crippen LogP contribution < -0.4 is 4.74 Å². The molecule has 31 heavy (non-hydrogen) atoms. The summed E-state index contributed by atoms with van der Waals surface area (Å²) >= 11 is 0. The second-order valence-corrected chi connectivity index (χ2v) is 7.68. The fourth-order valence-corrected chi connectivity index (χ4v) is 3.93. The lowest BCUT2D eigenvalue weighted by atomic mass is 9.89. The molecule has 4 rings (SSSR count). The molecule has 2 heterocycles. The summed E-state index contributed by atoms with van der Waals surface area (Å²) in [4.78, 5) is 12.9. The first-order valence-corrected chi connectivity index (χ1v) is 9.56. The molecule has 0 amide bonds. The predicted molar refractivity (Wildman–Crippen MR) is 103 cm³/mol. The van der Waals surface area contributed by atoms with Crippen LogP contribution in [0.3, 0.4) is 0 Å². The normalized spacial score (nSPS) is 32.5. The molecule has 0 unspecified atom stereocenters. The first-order valence-electron chi connectivity index (χ1n) is 9.56. The van der Waals surface area contributed by atoms with Gasteiger partial charge in [-0.3, -0.25) is 4.79 Å². The van der Waals surface area contributed by atoms with Gasteiger partial charge in [-0.2, -0.15) is 0 Å². The lowest BCUT2D eigenvalue weighted by molar-refractivity contribution is -0.232. The summed E-state index contributed by atoms with van der Waals surface area (Å²) in [6, 6.07) is 8.18. The van der Waals surface area contributed by atoms with Crippen molar-refractivity contribution in [2.45, 2.75) is 42.7 Å². The molecular formula is C21H22O10. The van der Waals surface area contributed by atoms with Crippen molar-refractivity contribution < 1.29 is 50.0 Å². The van der Waals surface area contributed by atoms with Crippen molar-refractivity contribution in [3.8, 4) is 17.2 Å². The van der Waals surface area contributed by atoms with Crippen LogP contribution in [0, 0.1) is 0 Å². The van der Waals surface area contributed by atoms with Gasteiger partial charge in [0.25, 0.3) is 5.79 Å². The van der Waals surface area contributed by atoms with Gasteiger partial charge < -0.3 is 45.2 Å². The van der Waals surface area contributed by atoms with Gasteiger partial charge in [-0.05, 0) is 29.8 Å². The zero-order valence-electron chi connectivity index (χ0n) is 16.1. The first-order chi connectivity index (χ1) is 14.7. The number of phenolic OH excluding ortho intramolecular Hbond substituents is 2. The molecule has 0 saturated carbocycles. The van der Waals surface area contributed by atoms with Gasteiger partial charge in [0.05, 0.1) is 17.7 Å². The smallest absolute Gasteiger partial charge is 0.276 e. The quantitative estimate of drug-likeness (QED) is 0.320. The maximum atomic E-state index is 12.9. The van der Waals surface area contributed by atoms with Crippen LogP contribution in [0.15, 0.2) is 36.4 Å². The van der Waals surface area contributed by atoms with Crippen molar-refractivity contribution in [3.63, 3.8) is 0 Å². The number of Topliss-reactive ketones (excluding diaryl/α,β-unsaturated/α-hetero) is 1. The molecule has 166 valence electrons. The molecule has 6 atom stereocenters. The number of phenols is 2. The lowest BCUT2D eigenvalue weighted by Gasteiger charge is -2.40. The number of hydrogen-bond donors (Lipinski definition) is 7. The molecule has 10 nitrogen and oxygen atoms in total. The third kappa shape index (κ3) is 3.53. The number of hydrogen-bond acceptors (Lipinski definition) is 10. The van der Waals surface area contributed by atoms with Gasteiger partial charge in [-0.25, -0.2) is 0 Å². The lowest BCUT2D eigenvalue weighted by Crippen LogP contribution is -2.55. The maximum Gasteiger partial charge on any atom is 0.276 e. The summed E-state index contributed by atoms with van der Waals surface area (Å²) in [7, 11) is 0. The average Bonchev–Trinajstić information content (AvgIpc) is 2.99. The highest BCUT2D eigenvalue weighted by Gasteiger charge is 2.52. The number of carbonyl (C=O) groups excluding carboxylic acids is 1. The fraction of sp³-hybridized carbons (Fsp3) is 0.381. The highest BCUT2D eigenvalue weighted by molar-refractivity contribution is 6.07. The molecule has 0 aromatic heterocycles. The van der Waals surface area contributed by atoms with E-state index in [0.717, 1.165) is 6.07 Å². The summed E-state index contributed by atoms with van der Waals surface area (Å²) in [6.45, 7) is -0.679. The van der Waals surface area contributed by atoms with E-state index in [4.69, 9.17) is 9.47 Å². The van der Waals surface area contributed by atoms with Gasteiger partial charge in [0, 0.05) is 6.42 Å². The third-order valence-corrected chi connectivity index (χ3v) is 5.60. The second-order valence-electron chi connectivity index (χ2n) is 7.68. The molecule has 2 aromatic carbocycles. The molecule has 0 radical (unpaired) electrons. The zero-order chi connectivity index (χ0) is 22.5. The van der Waals surface area contributed by atoms with Crippen molar-refractivity contribution in [1.29, 1.82) is 0 Å². The Morgan fingerprint density at radius 2 is 1.61 bits per heavy atom. The molecule has 2 aromatic rings. The third-order valence-electron chi connectivity index (χ3n) is 5.60. The Morgan fingerprint density at radius 1 is 0.935 bits per heavy atom. The van der Waals surface area contributed by atoms with Crippen LogP contribution in [0.1, 0.15) is 27.6 Å². The zero-order valence-corrected chi connectivity index (χ0v) is 16.1. The van der Waals surface area contributed by atoms with Gasteiger partial charge in [0.1, 0.15) is 47.8 Å². The number of ketones is 1. The van der Waals surface area contributed by atoms with E-state index in [0.29, 0.717) is 5.56 Å². The maximum absolute atomic E-state index is 12.9. The van der Waals surface area contributed by atoms with E-state index in [2.05, 4.69) is 0 Å². The summed E-state index contributed by atoms with van der Waals surface area (Å²) in [5.41, 5.74) is 0.204. The van der Waals surface area contributed by atoms with Gasteiger partial charge >= 0.3 is 0 Å². The van der Waals surface area contributed by atoms with Crippen LogP contribution in [-0.4, -0.2) is 78.3 Å². The molecule has 2 aliphatic rings. The number of carbonyl (C=O) groups is 1. The SMILES string of the molecule is O=C1c2ccc(O)c([C@@H]3O[C@H](CO)[C@@H](O)[C@H](O)[C@H]3O)c2O[C@@]1(O)Cc1ccc(O)cc1. The largest absolute Gasteiger partial charge is 0.508 e. The highest BCUT2D eigenvalue weighted by Crippen LogP contribution is 2.48. The van der Waals surface area contributed by atoms with Crippen LogP contribution in [-0.2, 0) is 11.2 Å². The van der Waals surface area contributed by atoms with E-state index in [1.54, 1.807) is 0 Å². The van der Waals surface area contributed by atoms with E-state index in [-0.39, 0.29) is 29.0 Å². The van der Waals surface area contributed by atoms with E-state index >= 15 is 0 Å². The van der Waals surface area contributed by atoms with Crippen LogP contribution >= 0.6 is 0 Å². The van der Waals surface area contributed by atoms with Crippen molar-refractivity contribution in [2.75, 3.05) is 6.61 Å². The summed E-state index contributed by atoms with van der Waals surface area (Å²) in [5.74, 6) is -3.79. The Hall–Kier alpha value is -2.73. The minimum Gasteiger partial charge on any atom is -0.508 e. The number of fused-ring (bicyclic) bond motifs is 1. The van der Waals surface area contributed by atoms with Crippen molar-refractivity contribution in [2.24, 2.45) is 0 Å². The Morgan fingerprint density at radius 3 is 2.26 bits per heavy atom. The molecule has 2 aliphatic heterocycles. The van der Waals surface area contributed by atoms with E-state index in [1.807, 2.05) is 0 Å². The predicted octanol–water partition coefficient (Wildman–Crippen LogP) is -0.881. The first kappa shape index (κ1) is 21.5. The number of benzene rings is 2. The molecule has 0 bridgehead atoms. The molecule has 10 heteroatoms. The van der Waals surface area contributed by atoms with Crippen LogP contribution in [0.4, 0.5) is 0 Å². The standard InChI is InChI=1S/C21H22O10/c22-8-13-15(25)16(26)17(27)19(30-13)14-12(24)6-5-11-18(14)31-21(29,20(11)28)7-9-1-3-10(23)4-2-9/h1-6,13,15-17,19,22-27,29H,7-8H2/t13-,15-,16+,17-,19+,21+/m1/s1. The minimum absolute atomic E-state index is 0.00696. The molecule has 1 fully saturated rings. The second kappa shape index (κ2) is 7.75. The summed E-state index contributed by atoms with van der Waals surface area (Å²) in [6.07, 6.45) is -8.01. The van der Waals surface area contributed by atoms with Crippen molar-refractivity contribution in [3.05, 3.63) is 53.1 Å². The Balaban J connectivity index is 1.72. The topological polar surface area (TPSA) is 177 Å².